The van der Waals surface area contributed by atoms with Crippen LogP contribution in [0.25, 0.3) is 11.1 Å². The van der Waals surface area contributed by atoms with E-state index >= 15 is 0 Å². The number of benzene rings is 2. The normalized spacial score (nSPS) is 10.9. The summed E-state index contributed by atoms with van der Waals surface area (Å²) in [7, 11) is 0. The molecule has 21 heavy (non-hydrogen) atoms. The summed E-state index contributed by atoms with van der Waals surface area (Å²) in [6, 6.07) is 14.7. The van der Waals surface area contributed by atoms with Crippen molar-refractivity contribution >= 4 is 11.6 Å². The molecule has 112 valence electrons. The second-order valence-corrected chi connectivity index (χ2v) is 5.73. The third kappa shape index (κ3) is 4.48. The van der Waals surface area contributed by atoms with Gasteiger partial charge in [0.05, 0.1) is 6.61 Å². The van der Waals surface area contributed by atoms with E-state index in [4.69, 9.17) is 16.3 Å². The lowest BCUT2D eigenvalue weighted by Crippen LogP contribution is -2.22. The highest BCUT2D eigenvalue weighted by atomic mass is 35.5. The first-order chi connectivity index (χ1) is 10.1. The fourth-order valence-corrected chi connectivity index (χ4v) is 2.42. The minimum atomic E-state index is 0.437. The van der Waals surface area contributed by atoms with Crippen LogP contribution in [0.15, 0.2) is 42.5 Å². The van der Waals surface area contributed by atoms with Crippen molar-refractivity contribution in [2.75, 3.05) is 6.61 Å². The maximum atomic E-state index is 6.15. The van der Waals surface area contributed by atoms with Crippen LogP contribution >= 0.6 is 11.6 Å². The van der Waals surface area contributed by atoms with E-state index in [2.05, 4.69) is 37.4 Å². The van der Waals surface area contributed by atoms with E-state index in [9.17, 15) is 0 Å². The first-order valence-corrected chi connectivity index (χ1v) is 7.73. The monoisotopic (exact) mass is 303 g/mol. The maximum Gasteiger partial charge on any atom is 0.119 e. The van der Waals surface area contributed by atoms with Gasteiger partial charge in [-0.1, -0.05) is 43.6 Å². The molecule has 0 atom stereocenters. The van der Waals surface area contributed by atoms with Crippen molar-refractivity contribution in [2.45, 2.75) is 33.4 Å². The van der Waals surface area contributed by atoms with Gasteiger partial charge in [0.25, 0.3) is 0 Å². The molecule has 0 amide bonds. The number of halogens is 1. The largest absolute Gasteiger partial charge is 0.494 e. The first-order valence-electron chi connectivity index (χ1n) is 7.35. The van der Waals surface area contributed by atoms with Gasteiger partial charge < -0.3 is 10.1 Å². The van der Waals surface area contributed by atoms with E-state index in [0.717, 1.165) is 22.9 Å². The fourth-order valence-electron chi connectivity index (χ4n) is 2.22. The molecule has 2 aromatic carbocycles. The maximum absolute atomic E-state index is 6.15. The molecule has 0 spiro atoms. The summed E-state index contributed by atoms with van der Waals surface area (Å²) < 4.78 is 5.59. The molecule has 0 aliphatic carbocycles. The second kappa shape index (κ2) is 7.48. The van der Waals surface area contributed by atoms with Crippen molar-refractivity contribution in [3.63, 3.8) is 0 Å². The van der Waals surface area contributed by atoms with Crippen molar-refractivity contribution in [1.29, 1.82) is 0 Å². The zero-order chi connectivity index (χ0) is 15.2. The Morgan fingerprint density at radius 1 is 1.14 bits per heavy atom. The van der Waals surface area contributed by atoms with E-state index in [0.29, 0.717) is 12.6 Å². The van der Waals surface area contributed by atoms with Crippen molar-refractivity contribution in [1.82, 2.24) is 5.32 Å². The molecule has 0 heterocycles. The van der Waals surface area contributed by atoms with Crippen LogP contribution in [0.3, 0.4) is 0 Å². The van der Waals surface area contributed by atoms with Gasteiger partial charge in [0, 0.05) is 17.6 Å². The average molecular weight is 304 g/mol. The van der Waals surface area contributed by atoms with Crippen LogP contribution in [-0.2, 0) is 6.54 Å². The predicted octanol–water partition coefficient (Wildman–Crippen LogP) is 4.90. The van der Waals surface area contributed by atoms with Gasteiger partial charge in [-0.05, 0) is 47.9 Å². The molecule has 3 heteroatoms. The van der Waals surface area contributed by atoms with Gasteiger partial charge in [-0.3, -0.25) is 0 Å². The molecule has 0 aliphatic rings. The van der Waals surface area contributed by atoms with Crippen molar-refractivity contribution in [3.05, 3.63) is 53.1 Å². The third-order valence-electron chi connectivity index (χ3n) is 3.22. The van der Waals surface area contributed by atoms with Crippen molar-refractivity contribution in [2.24, 2.45) is 0 Å². The first kappa shape index (κ1) is 15.9. The summed E-state index contributed by atoms with van der Waals surface area (Å²) in [4.78, 5) is 0. The minimum Gasteiger partial charge on any atom is -0.494 e. The van der Waals surface area contributed by atoms with Crippen LogP contribution in [0.5, 0.6) is 5.75 Å². The van der Waals surface area contributed by atoms with Crippen LogP contribution in [0, 0.1) is 0 Å². The molecule has 2 rings (SSSR count). The lowest BCUT2D eigenvalue weighted by atomic mass is 9.99. The Morgan fingerprint density at radius 2 is 1.95 bits per heavy atom. The van der Waals surface area contributed by atoms with E-state index in [-0.39, 0.29) is 0 Å². The molecule has 0 unspecified atom stereocenters. The minimum absolute atomic E-state index is 0.437. The SMILES string of the molecule is CCOc1cccc(-c2ccc(Cl)cc2CNC(C)C)c1. The Bertz CT molecular complexity index is 596. The van der Waals surface area contributed by atoms with Gasteiger partial charge in [0.1, 0.15) is 5.75 Å². The van der Waals surface area contributed by atoms with E-state index in [1.54, 1.807) is 0 Å². The predicted molar refractivity (Wildman–Crippen MR) is 90.0 cm³/mol. The number of hydrogen-bond donors (Lipinski definition) is 1. The molecule has 0 aromatic heterocycles. The molecule has 0 fully saturated rings. The second-order valence-electron chi connectivity index (χ2n) is 5.30. The van der Waals surface area contributed by atoms with Gasteiger partial charge in [-0.25, -0.2) is 0 Å². The Balaban J connectivity index is 2.35. The summed E-state index contributed by atoms with van der Waals surface area (Å²) in [5.74, 6) is 0.896. The summed E-state index contributed by atoms with van der Waals surface area (Å²) in [5, 5.41) is 4.21. The summed E-state index contributed by atoms with van der Waals surface area (Å²) >= 11 is 6.15. The van der Waals surface area contributed by atoms with Crippen LogP contribution in [0.2, 0.25) is 5.02 Å². The number of nitrogens with one attached hydrogen (secondary N) is 1. The highest BCUT2D eigenvalue weighted by molar-refractivity contribution is 6.30. The number of ether oxygens (including phenoxy) is 1. The molecule has 2 nitrogen and oxygen atoms in total. The smallest absolute Gasteiger partial charge is 0.119 e. The zero-order valence-corrected chi connectivity index (χ0v) is 13.6. The molecule has 2 aromatic rings. The zero-order valence-electron chi connectivity index (χ0n) is 12.8. The highest BCUT2D eigenvalue weighted by Crippen LogP contribution is 2.29. The fraction of sp³-hybridized carbons (Fsp3) is 0.333. The highest BCUT2D eigenvalue weighted by Gasteiger charge is 2.08. The molecular formula is C18H22ClNO. The van der Waals surface area contributed by atoms with Crippen LogP contribution in [-0.4, -0.2) is 12.6 Å². The Labute approximate surface area is 132 Å². The molecule has 0 radical (unpaired) electrons. The summed E-state index contributed by atoms with van der Waals surface area (Å²) in [6.07, 6.45) is 0. The average Bonchev–Trinajstić information content (AvgIpc) is 2.46. The molecular weight excluding hydrogens is 282 g/mol. The molecule has 0 aliphatic heterocycles. The third-order valence-corrected chi connectivity index (χ3v) is 3.46. The topological polar surface area (TPSA) is 21.3 Å². The van der Waals surface area contributed by atoms with Gasteiger partial charge in [-0.2, -0.15) is 0 Å². The van der Waals surface area contributed by atoms with Gasteiger partial charge in [0.2, 0.25) is 0 Å². The quantitative estimate of drug-likeness (QED) is 0.819. The molecule has 0 saturated carbocycles. The van der Waals surface area contributed by atoms with E-state index in [1.165, 1.54) is 11.1 Å². The van der Waals surface area contributed by atoms with Crippen molar-refractivity contribution in [3.8, 4) is 16.9 Å². The number of hydrogen-bond acceptors (Lipinski definition) is 2. The van der Waals surface area contributed by atoms with Crippen LogP contribution in [0.1, 0.15) is 26.3 Å². The van der Waals surface area contributed by atoms with Gasteiger partial charge in [0.15, 0.2) is 0 Å². The summed E-state index contributed by atoms with van der Waals surface area (Å²) in [5.41, 5.74) is 3.54. The lowest BCUT2D eigenvalue weighted by molar-refractivity contribution is 0.340. The van der Waals surface area contributed by atoms with Gasteiger partial charge >= 0.3 is 0 Å². The molecule has 0 bridgehead atoms. The molecule has 0 saturated heterocycles. The summed E-state index contributed by atoms with van der Waals surface area (Å²) in [6.45, 7) is 7.74. The number of rotatable bonds is 6. The lowest BCUT2D eigenvalue weighted by Gasteiger charge is -2.14. The Morgan fingerprint density at radius 3 is 2.67 bits per heavy atom. The van der Waals surface area contributed by atoms with Gasteiger partial charge in [-0.15, -0.1) is 0 Å². The van der Waals surface area contributed by atoms with E-state index in [1.807, 2.05) is 31.2 Å². The van der Waals surface area contributed by atoms with Crippen LogP contribution < -0.4 is 10.1 Å². The Hall–Kier alpha value is -1.51. The molecule has 1 N–H and O–H groups in total. The van der Waals surface area contributed by atoms with E-state index < -0.39 is 0 Å². The Kier molecular flexibility index (Phi) is 5.66. The van der Waals surface area contributed by atoms with Crippen LogP contribution in [0.4, 0.5) is 0 Å². The van der Waals surface area contributed by atoms with Crippen molar-refractivity contribution < 1.29 is 4.74 Å². The standard InChI is InChI=1S/C18H22ClNO/c1-4-21-17-7-5-6-14(11-17)18-9-8-16(19)10-15(18)12-20-13(2)3/h5-11,13,20H,4,12H2,1-3H3.